The molecule has 0 aromatic heterocycles. The van der Waals surface area contributed by atoms with Crippen molar-refractivity contribution >= 4 is 17.2 Å². The first-order valence-corrected chi connectivity index (χ1v) is 9.95. The number of carboxylic acid groups (broad SMARTS) is 1. The van der Waals surface area contributed by atoms with Crippen molar-refractivity contribution in [1.82, 2.24) is 0 Å². The molecule has 0 aliphatic rings. The van der Waals surface area contributed by atoms with Crippen molar-refractivity contribution < 1.29 is 32.5 Å². The molecule has 0 spiro atoms. The van der Waals surface area contributed by atoms with Gasteiger partial charge in [0.2, 0.25) is 0 Å². The van der Waals surface area contributed by atoms with Crippen molar-refractivity contribution in [3.05, 3.63) is 96.1 Å². The number of ether oxygens (including phenoxy) is 2. The summed E-state index contributed by atoms with van der Waals surface area (Å²) in [4.78, 5) is 8.36. The van der Waals surface area contributed by atoms with Crippen LogP contribution in [0.5, 0.6) is 11.5 Å². The first-order chi connectivity index (χ1) is 15.8. The maximum atomic E-state index is 12.5. The van der Waals surface area contributed by atoms with Crippen LogP contribution < -0.4 is 9.47 Å². The van der Waals surface area contributed by atoms with Crippen molar-refractivity contribution in [3.63, 3.8) is 0 Å². The Balaban J connectivity index is 0.000000968. The number of fused-ring (bicyclic) bond motifs is 1. The maximum absolute atomic E-state index is 12.5. The lowest BCUT2D eigenvalue weighted by molar-refractivity contribution is -0.274. The highest BCUT2D eigenvalue weighted by molar-refractivity contribution is 5.85. The van der Waals surface area contributed by atoms with Gasteiger partial charge in [0.15, 0.2) is 0 Å². The zero-order valence-corrected chi connectivity index (χ0v) is 17.7. The van der Waals surface area contributed by atoms with E-state index in [1.807, 2.05) is 49.4 Å². The molecule has 33 heavy (non-hydrogen) atoms. The molecule has 1 N–H and O–H groups in total. The van der Waals surface area contributed by atoms with Gasteiger partial charge in [0.25, 0.3) is 6.47 Å². The summed E-state index contributed by atoms with van der Waals surface area (Å²) < 4.78 is 47.7. The molecule has 0 aliphatic heterocycles. The van der Waals surface area contributed by atoms with Crippen molar-refractivity contribution in [2.45, 2.75) is 19.9 Å². The first-order valence-electron chi connectivity index (χ1n) is 9.95. The van der Waals surface area contributed by atoms with Crippen LogP contribution in [0.2, 0.25) is 0 Å². The maximum Gasteiger partial charge on any atom is 0.573 e. The number of benzene rings is 4. The van der Waals surface area contributed by atoms with E-state index in [1.165, 1.54) is 18.2 Å². The molecule has 0 radical (unpaired) electrons. The van der Waals surface area contributed by atoms with E-state index in [1.54, 1.807) is 6.07 Å². The van der Waals surface area contributed by atoms with E-state index in [4.69, 9.17) is 14.6 Å². The lowest BCUT2D eigenvalue weighted by Gasteiger charge is -2.14. The Bertz CT molecular complexity index is 1230. The van der Waals surface area contributed by atoms with E-state index < -0.39 is 6.36 Å². The van der Waals surface area contributed by atoms with Crippen molar-refractivity contribution in [1.29, 1.82) is 0 Å². The van der Waals surface area contributed by atoms with Crippen LogP contribution in [0.4, 0.5) is 13.2 Å². The third-order valence-electron chi connectivity index (χ3n) is 4.85. The number of halogens is 3. The Morgan fingerprint density at radius 3 is 2.30 bits per heavy atom. The number of carbonyl (C=O) groups is 1. The molecule has 0 heterocycles. The second-order valence-electron chi connectivity index (χ2n) is 7.09. The predicted molar refractivity (Wildman–Crippen MR) is 120 cm³/mol. The van der Waals surface area contributed by atoms with Crippen LogP contribution in [0.15, 0.2) is 84.9 Å². The largest absolute Gasteiger partial charge is 0.573 e. The Hall–Kier alpha value is -4.00. The Kier molecular flexibility index (Phi) is 7.56. The summed E-state index contributed by atoms with van der Waals surface area (Å²) in [5.74, 6) is 0.432. The molecule has 0 saturated heterocycles. The number of hydrogen-bond acceptors (Lipinski definition) is 3. The molecule has 0 bridgehead atoms. The van der Waals surface area contributed by atoms with Gasteiger partial charge in [0.1, 0.15) is 18.1 Å². The quantitative estimate of drug-likeness (QED) is 0.330. The average molecular weight is 454 g/mol. The molecule has 4 aromatic carbocycles. The van der Waals surface area contributed by atoms with E-state index in [0.29, 0.717) is 17.9 Å². The minimum atomic E-state index is -4.72. The van der Waals surface area contributed by atoms with Crippen molar-refractivity contribution in [2.75, 3.05) is 0 Å². The van der Waals surface area contributed by atoms with Crippen LogP contribution in [-0.4, -0.2) is 17.9 Å². The minimum Gasteiger partial charge on any atom is -0.489 e. The SMILES string of the molecule is Cc1ccc(-c2cccc(OC(F)(F)F)c2)cc1OCc1cccc2ccccc12.O=CO. The summed E-state index contributed by atoms with van der Waals surface area (Å²) in [5, 5.41) is 9.16. The van der Waals surface area contributed by atoms with Crippen molar-refractivity contribution in [2.24, 2.45) is 0 Å². The number of alkyl halides is 3. The van der Waals surface area contributed by atoms with Gasteiger partial charge in [-0.15, -0.1) is 13.2 Å². The molecule has 4 nitrogen and oxygen atoms in total. The van der Waals surface area contributed by atoms with Gasteiger partial charge in [-0.2, -0.15) is 0 Å². The van der Waals surface area contributed by atoms with E-state index in [-0.39, 0.29) is 12.2 Å². The molecule has 0 unspecified atom stereocenters. The highest BCUT2D eigenvalue weighted by atomic mass is 19.4. The Morgan fingerprint density at radius 2 is 1.55 bits per heavy atom. The Morgan fingerprint density at radius 1 is 0.879 bits per heavy atom. The van der Waals surface area contributed by atoms with E-state index in [9.17, 15) is 13.2 Å². The molecule has 0 fully saturated rings. The summed E-state index contributed by atoms with van der Waals surface area (Å²) in [6.07, 6.45) is -4.72. The fourth-order valence-corrected chi connectivity index (χ4v) is 3.38. The fourth-order valence-electron chi connectivity index (χ4n) is 3.38. The van der Waals surface area contributed by atoms with E-state index in [0.717, 1.165) is 27.5 Å². The van der Waals surface area contributed by atoms with E-state index in [2.05, 4.69) is 22.9 Å². The number of rotatable bonds is 5. The van der Waals surface area contributed by atoms with Crippen LogP contribution in [0.25, 0.3) is 21.9 Å². The van der Waals surface area contributed by atoms with Crippen LogP contribution in [0, 0.1) is 6.92 Å². The highest BCUT2D eigenvalue weighted by Gasteiger charge is 2.31. The monoisotopic (exact) mass is 454 g/mol. The predicted octanol–water partition coefficient (Wildman–Crippen LogP) is 6.99. The number of aryl methyl sites for hydroxylation is 1. The zero-order chi connectivity index (χ0) is 23.8. The molecular formula is C26H21F3O4. The molecular weight excluding hydrogens is 433 g/mol. The summed E-state index contributed by atoms with van der Waals surface area (Å²) in [7, 11) is 0. The third kappa shape index (κ3) is 6.49. The lowest BCUT2D eigenvalue weighted by atomic mass is 10.0. The average Bonchev–Trinajstić information content (AvgIpc) is 2.78. The highest BCUT2D eigenvalue weighted by Crippen LogP contribution is 2.31. The molecule has 0 amide bonds. The number of hydrogen-bond donors (Lipinski definition) is 1. The topological polar surface area (TPSA) is 55.8 Å². The van der Waals surface area contributed by atoms with Crippen molar-refractivity contribution in [3.8, 4) is 22.6 Å². The molecule has 0 aliphatic carbocycles. The van der Waals surface area contributed by atoms with Crippen LogP contribution in [0.1, 0.15) is 11.1 Å². The normalized spacial score (nSPS) is 10.8. The molecule has 4 rings (SSSR count). The zero-order valence-electron chi connectivity index (χ0n) is 17.7. The lowest BCUT2D eigenvalue weighted by Crippen LogP contribution is -2.17. The summed E-state index contributed by atoms with van der Waals surface area (Å²) in [6, 6.07) is 25.7. The molecule has 7 heteroatoms. The second kappa shape index (κ2) is 10.5. The fraction of sp³-hybridized carbons (Fsp3) is 0.115. The van der Waals surface area contributed by atoms with Gasteiger partial charge in [0, 0.05) is 0 Å². The molecule has 170 valence electrons. The Labute approximate surface area is 188 Å². The third-order valence-corrected chi connectivity index (χ3v) is 4.85. The van der Waals surface area contributed by atoms with Crippen LogP contribution in [-0.2, 0) is 11.4 Å². The summed E-state index contributed by atoms with van der Waals surface area (Å²) in [5.41, 5.74) is 3.38. The van der Waals surface area contributed by atoms with Gasteiger partial charge in [-0.05, 0) is 58.1 Å². The van der Waals surface area contributed by atoms with Gasteiger partial charge < -0.3 is 14.6 Å². The summed E-state index contributed by atoms with van der Waals surface area (Å²) >= 11 is 0. The molecule has 0 saturated carbocycles. The van der Waals surface area contributed by atoms with E-state index >= 15 is 0 Å². The smallest absolute Gasteiger partial charge is 0.489 e. The van der Waals surface area contributed by atoms with Crippen LogP contribution in [0.3, 0.4) is 0 Å². The van der Waals surface area contributed by atoms with Gasteiger partial charge in [-0.25, -0.2) is 0 Å². The van der Waals surface area contributed by atoms with Gasteiger partial charge in [-0.3, -0.25) is 4.79 Å². The van der Waals surface area contributed by atoms with Gasteiger partial charge >= 0.3 is 6.36 Å². The van der Waals surface area contributed by atoms with Gasteiger partial charge in [-0.1, -0.05) is 66.7 Å². The second-order valence-corrected chi connectivity index (χ2v) is 7.09. The standard InChI is InChI=1S/C25H19F3O2.CH2O2/c1-17-12-13-20(19-8-5-10-22(14-19)30-25(26,27)28)15-24(17)29-16-21-9-4-7-18-6-2-3-11-23(18)21;2-1-3/h2-15H,16H2,1H3;1H,(H,2,3). The summed E-state index contributed by atoms with van der Waals surface area (Å²) in [6.45, 7) is 2.08. The van der Waals surface area contributed by atoms with Crippen LogP contribution >= 0.6 is 0 Å². The molecule has 4 aromatic rings. The molecule has 0 atom stereocenters. The van der Waals surface area contributed by atoms with Gasteiger partial charge in [0.05, 0.1) is 0 Å². The minimum absolute atomic E-state index is 0.250. The first kappa shape index (κ1) is 23.7.